The van der Waals surface area contributed by atoms with Gasteiger partial charge in [-0.1, -0.05) is 44.5 Å². The summed E-state index contributed by atoms with van der Waals surface area (Å²) in [6.07, 6.45) is -0.408. The lowest BCUT2D eigenvalue weighted by Crippen LogP contribution is -2.33. The molecule has 11 heteroatoms. The van der Waals surface area contributed by atoms with E-state index in [-0.39, 0.29) is 11.4 Å². The van der Waals surface area contributed by atoms with Crippen molar-refractivity contribution in [3.05, 3.63) is 118 Å². The maximum atomic E-state index is 14.2. The SMILES string of the molecule is CCCCOCCOc1ccc(-c2ccc3c(c2)C=C(C(=O)Nc2ccc(C(O)c4cccc[n+]4[O-])c(C(F)(F)F)c2)CCN3CCC)cc1. The molecule has 0 radical (unpaired) electrons. The highest BCUT2D eigenvalue weighted by molar-refractivity contribution is 6.07. The van der Waals surface area contributed by atoms with E-state index < -0.39 is 29.3 Å². The van der Waals surface area contributed by atoms with E-state index in [0.29, 0.717) is 36.5 Å². The minimum atomic E-state index is -4.86. The molecule has 0 saturated carbocycles. The Kier molecular flexibility index (Phi) is 12.2. The van der Waals surface area contributed by atoms with Gasteiger partial charge >= 0.3 is 6.18 Å². The predicted molar refractivity (Wildman–Crippen MR) is 188 cm³/mol. The quantitative estimate of drug-likeness (QED) is 0.0793. The van der Waals surface area contributed by atoms with Gasteiger partial charge in [-0.2, -0.15) is 17.9 Å². The van der Waals surface area contributed by atoms with Gasteiger partial charge in [-0.25, -0.2) is 0 Å². The van der Waals surface area contributed by atoms with E-state index in [1.54, 1.807) is 6.08 Å². The van der Waals surface area contributed by atoms with Crippen LogP contribution in [0.25, 0.3) is 17.2 Å². The predicted octanol–water partition coefficient (Wildman–Crippen LogP) is 7.93. The Labute approximate surface area is 290 Å². The average Bonchev–Trinajstić information content (AvgIpc) is 3.29. The largest absolute Gasteiger partial charge is 0.618 e. The number of carbonyl (C=O) groups is 1. The molecule has 1 aromatic heterocycles. The standard InChI is InChI=1S/C39H42F3N3O5/c1-3-5-21-49-22-23-50-32-13-9-27(10-14-32)28-11-16-35-30(24-28)25-29(17-20-44(35)18-4-2)38(47)43-31-12-15-33(34(26-31)39(40,41)42)37(46)36-8-6-7-19-45(36)48/h6-16,19,24-26,37,46H,3-5,17-18,20-23H2,1-2H3,(H,43,47). The number of aromatic nitrogens is 1. The number of nitrogens with one attached hydrogen (secondary N) is 1. The van der Waals surface area contributed by atoms with Crippen molar-refractivity contribution in [1.82, 2.24) is 0 Å². The van der Waals surface area contributed by atoms with Crippen molar-refractivity contribution in [3.63, 3.8) is 0 Å². The Bertz CT molecular complexity index is 1790. The topological polar surface area (TPSA) is 98.0 Å². The fourth-order valence-electron chi connectivity index (χ4n) is 5.91. The van der Waals surface area contributed by atoms with Crippen LogP contribution in [-0.2, 0) is 15.7 Å². The van der Waals surface area contributed by atoms with Crippen molar-refractivity contribution >= 4 is 23.4 Å². The maximum absolute atomic E-state index is 14.2. The number of aliphatic hydroxyl groups excluding tert-OH is 1. The number of rotatable bonds is 14. The number of aliphatic hydroxyl groups is 1. The highest BCUT2D eigenvalue weighted by Gasteiger charge is 2.37. The molecule has 5 rings (SSSR count). The van der Waals surface area contributed by atoms with E-state index in [9.17, 15) is 28.3 Å². The third-order valence-electron chi connectivity index (χ3n) is 8.51. The van der Waals surface area contributed by atoms with E-state index in [1.807, 2.05) is 42.5 Å². The summed E-state index contributed by atoms with van der Waals surface area (Å²) in [5.74, 6) is 0.211. The summed E-state index contributed by atoms with van der Waals surface area (Å²) >= 11 is 0. The minimum Gasteiger partial charge on any atom is -0.618 e. The number of unbranched alkanes of at least 4 members (excludes halogenated alkanes) is 1. The van der Waals surface area contributed by atoms with Crippen LogP contribution in [0.15, 0.2) is 90.6 Å². The van der Waals surface area contributed by atoms with E-state index in [2.05, 4.69) is 24.1 Å². The van der Waals surface area contributed by atoms with Gasteiger partial charge in [0, 0.05) is 54.3 Å². The molecule has 1 unspecified atom stereocenters. The lowest BCUT2D eigenvalue weighted by atomic mass is 9.98. The second kappa shape index (κ2) is 16.7. The minimum absolute atomic E-state index is 0.0827. The van der Waals surface area contributed by atoms with Gasteiger partial charge in [0.1, 0.15) is 12.4 Å². The van der Waals surface area contributed by atoms with Crippen molar-refractivity contribution in [2.45, 2.75) is 51.8 Å². The number of nitrogens with zero attached hydrogens (tertiary/aromatic N) is 2. The van der Waals surface area contributed by atoms with Gasteiger partial charge in [0.2, 0.25) is 5.69 Å². The van der Waals surface area contributed by atoms with Gasteiger partial charge in [0.05, 0.1) is 12.2 Å². The van der Waals surface area contributed by atoms with Crippen LogP contribution in [-0.4, -0.2) is 43.9 Å². The van der Waals surface area contributed by atoms with Crippen LogP contribution in [0.3, 0.4) is 0 Å². The Balaban J connectivity index is 1.37. The number of anilines is 2. The van der Waals surface area contributed by atoms with Crippen LogP contribution in [0, 0.1) is 5.21 Å². The number of benzene rings is 3. The summed E-state index contributed by atoms with van der Waals surface area (Å²) < 4.78 is 54.3. The number of carbonyl (C=O) groups excluding carboxylic acids is 1. The third-order valence-corrected chi connectivity index (χ3v) is 8.51. The number of halogens is 3. The average molecular weight is 690 g/mol. The normalized spacial score (nSPS) is 13.6. The monoisotopic (exact) mass is 689 g/mol. The summed E-state index contributed by atoms with van der Waals surface area (Å²) in [6, 6.07) is 21.1. The molecule has 50 heavy (non-hydrogen) atoms. The van der Waals surface area contributed by atoms with Gasteiger partial charge in [0.15, 0.2) is 12.3 Å². The van der Waals surface area contributed by atoms with Crippen LogP contribution < -0.4 is 19.7 Å². The summed E-state index contributed by atoms with van der Waals surface area (Å²) in [7, 11) is 0. The Morgan fingerprint density at radius 2 is 1.76 bits per heavy atom. The highest BCUT2D eigenvalue weighted by atomic mass is 19.4. The Morgan fingerprint density at radius 3 is 2.48 bits per heavy atom. The van der Waals surface area contributed by atoms with E-state index >= 15 is 0 Å². The number of pyridine rings is 1. The summed E-state index contributed by atoms with van der Waals surface area (Å²) in [4.78, 5) is 15.8. The van der Waals surface area contributed by atoms with Crippen molar-refractivity contribution in [2.75, 3.05) is 43.1 Å². The zero-order valence-corrected chi connectivity index (χ0v) is 28.2. The zero-order chi connectivity index (χ0) is 35.7. The van der Waals surface area contributed by atoms with Crippen molar-refractivity contribution in [2.24, 2.45) is 0 Å². The first-order chi connectivity index (χ1) is 24.1. The van der Waals surface area contributed by atoms with E-state index in [0.717, 1.165) is 78.9 Å². The van der Waals surface area contributed by atoms with Crippen LogP contribution in [0.4, 0.5) is 24.5 Å². The van der Waals surface area contributed by atoms with Gasteiger partial charge < -0.3 is 30.0 Å². The molecule has 4 aromatic rings. The molecule has 1 atom stereocenters. The molecule has 0 fully saturated rings. The Morgan fingerprint density at radius 1 is 0.980 bits per heavy atom. The lowest BCUT2D eigenvalue weighted by molar-refractivity contribution is -0.617. The van der Waals surface area contributed by atoms with Crippen LogP contribution in [0.1, 0.15) is 68.0 Å². The van der Waals surface area contributed by atoms with E-state index in [4.69, 9.17) is 9.47 Å². The molecule has 264 valence electrons. The molecule has 1 aliphatic heterocycles. The number of hydrogen-bond acceptors (Lipinski definition) is 6. The number of alkyl halides is 3. The second-order valence-corrected chi connectivity index (χ2v) is 12.1. The molecule has 0 aliphatic carbocycles. The number of hydrogen-bond donors (Lipinski definition) is 2. The van der Waals surface area contributed by atoms with Crippen LogP contribution >= 0.6 is 0 Å². The van der Waals surface area contributed by atoms with Gasteiger partial charge in [-0.05, 0) is 84.5 Å². The molecule has 3 aromatic carbocycles. The van der Waals surface area contributed by atoms with Crippen LogP contribution in [0.5, 0.6) is 5.75 Å². The number of amides is 1. The number of fused-ring (bicyclic) bond motifs is 1. The van der Waals surface area contributed by atoms with E-state index in [1.165, 1.54) is 24.3 Å². The first-order valence-electron chi connectivity index (χ1n) is 16.9. The molecule has 1 amide bonds. The summed E-state index contributed by atoms with van der Waals surface area (Å²) in [5, 5.41) is 25.5. The fourth-order valence-corrected chi connectivity index (χ4v) is 5.91. The third kappa shape index (κ3) is 9.02. The Hall–Kier alpha value is -4.87. The zero-order valence-electron chi connectivity index (χ0n) is 28.2. The first-order valence-corrected chi connectivity index (χ1v) is 16.9. The van der Waals surface area contributed by atoms with Crippen LogP contribution in [0.2, 0.25) is 0 Å². The number of ether oxygens (including phenoxy) is 2. The highest BCUT2D eigenvalue weighted by Crippen LogP contribution is 2.38. The lowest BCUT2D eigenvalue weighted by Gasteiger charge is -2.25. The first kappa shape index (κ1) is 36.4. The fraction of sp³-hybridized carbons (Fsp3) is 0.333. The molecule has 0 saturated heterocycles. The van der Waals surface area contributed by atoms with Crippen molar-refractivity contribution in [3.8, 4) is 16.9 Å². The van der Waals surface area contributed by atoms with Crippen molar-refractivity contribution in [1.29, 1.82) is 0 Å². The molecular weight excluding hydrogens is 647 g/mol. The molecular formula is C39H42F3N3O5. The molecule has 0 spiro atoms. The molecule has 1 aliphatic rings. The van der Waals surface area contributed by atoms with Gasteiger partial charge in [0.25, 0.3) is 5.91 Å². The van der Waals surface area contributed by atoms with Gasteiger partial charge in [-0.15, -0.1) is 0 Å². The molecule has 8 nitrogen and oxygen atoms in total. The maximum Gasteiger partial charge on any atom is 0.416 e. The molecule has 0 bridgehead atoms. The van der Waals surface area contributed by atoms with Crippen molar-refractivity contribution < 1.29 is 37.3 Å². The molecule has 2 N–H and O–H groups in total. The summed E-state index contributed by atoms with van der Waals surface area (Å²) in [6.45, 7) is 7.23. The summed E-state index contributed by atoms with van der Waals surface area (Å²) in [5.41, 5.74) is 2.14. The second-order valence-electron chi connectivity index (χ2n) is 12.1. The van der Waals surface area contributed by atoms with Gasteiger partial charge in [-0.3, -0.25) is 4.79 Å². The molecule has 2 heterocycles. The smallest absolute Gasteiger partial charge is 0.416 e.